The van der Waals surface area contributed by atoms with E-state index in [1.54, 1.807) is 11.3 Å². The molecule has 0 saturated heterocycles. The zero-order valence-electron chi connectivity index (χ0n) is 12.6. The third-order valence-corrected chi connectivity index (χ3v) is 4.85. The number of thiophene rings is 1. The first-order valence-electron chi connectivity index (χ1n) is 7.46. The summed E-state index contributed by atoms with van der Waals surface area (Å²) in [6.45, 7) is 2.02. The number of carbonyl (C=O) groups excluding carboxylic acids is 1. The van der Waals surface area contributed by atoms with E-state index in [9.17, 15) is 4.79 Å². The molecule has 0 atom stereocenters. The van der Waals surface area contributed by atoms with Crippen molar-refractivity contribution in [2.75, 3.05) is 0 Å². The average molecular weight is 306 g/mol. The summed E-state index contributed by atoms with van der Waals surface area (Å²) in [4.78, 5) is 14.8. The molecule has 0 spiro atoms. The van der Waals surface area contributed by atoms with Gasteiger partial charge in [-0.15, -0.1) is 11.3 Å². The highest BCUT2D eigenvalue weighted by molar-refractivity contribution is 7.15. The van der Waals surface area contributed by atoms with Gasteiger partial charge in [-0.2, -0.15) is 0 Å². The van der Waals surface area contributed by atoms with Gasteiger partial charge in [0.05, 0.1) is 0 Å². The highest BCUT2D eigenvalue weighted by Gasteiger charge is 2.08. The maximum absolute atomic E-state index is 12.3. The first-order chi connectivity index (χ1) is 10.7. The highest BCUT2D eigenvalue weighted by Crippen LogP contribution is 2.28. The van der Waals surface area contributed by atoms with Crippen molar-refractivity contribution in [2.24, 2.45) is 0 Å². The van der Waals surface area contributed by atoms with Crippen LogP contribution in [0.5, 0.6) is 0 Å². The SMILES string of the molecule is Cc1cccc(C(=O)CCc2ccc(-c3ccccc3)s2)c1. The number of aryl methyl sites for hydroxylation is 2. The van der Waals surface area contributed by atoms with Crippen LogP contribution in [-0.2, 0) is 6.42 Å². The Morgan fingerprint density at radius 2 is 1.77 bits per heavy atom. The average Bonchev–Trinajstić information content (AvgIpc) is 3.02. The van der Waals surface area contributed by atoms with Crippen molar-refractivity contribution in [3.63, 3.8) is 0 Å². The zero-order chi connectivity index (χ0) is 15.4. The number of ketones is 1. The van der Waals surface area contributed by atoms with Crippen molar-refractivity contribution in [2.45, 2.75) is 19.8 Å². The van der Waals surface area contributed by atoms with E-state index in [1.807, 2.05) is 37.3 Å². The van der Waals surface area contributed by atoms with Crippen LogP contribution in [-0.4, -0.2) is 5.78 Å². The molecule has 0 bridgehead atoms. The van der Waals surface area contributed by atoms with Crippen LogP contribution < -0.4 is 0 Å². The lowest BCUT2D eigenvalue weighted by molar-refractivity contribution is 0.0983. The molecular weight excluding hydrogens is 288 g/mol. The Kier molecular flexibility index (Phi) is 4.50. The first-order valence-corrected chi connectivity index (χ1v) is 8.28. The summed E-state index contributed by atoms with van der Waals surface area (Å²) in [5.74, 6) is 0.221. The van der Waals surface area contributed by atoms with Crippen LogP contribution in [0.2, 0.25) is 0 Å². The standard InChI is InChI=1S/C20H18OS/c1-15-6-5-9-17(14-15)19(21)12-10-18-11-13-20(22-18)16-7-3-2-4-8-16/h2-9,11,13-14H,10,12H2,1H3. The molecule has 0 radical (unpaired) electrons. The fourth-order valence-electron chi connectivity index (χ4n) is 2.47. The van der Waals surface area contributed by atoms with Gasteiger partial charge in [0, 0.05) is 21.7 Å². The Morgan fingerprint density at radius 3 is 2.55 bits per heavy atom. The van der Waals surface area contributed by atoms with Gasteiger partial charge in [0.15, 0.2) is 5.78 Å². The largest absolute Gasteiger partial charge is 0.294 e. The van der Waals surface area contributed by atoms with Gasteiger partial charge in [0.2, 0.25) is 0 Å². The molecule has 3 rings (SSSR count). The Balaban J connectivity index is 1.65. The van der Waals surface area contributed by atoms with Crippen molar-refractivity contribution < 1.29 is 4.79 Å². The van der Waals surface area contributed by atoms with Crippen molar-refractivity contribution in [1.29, 1.82) is 0 Å². The minimum atomic E-state index is 0.221. The summed E-state index contributed by atoms with van der Waals surface area (Å²) >= 11 is 1.77. The summed E-state index contributed by atoms with van der Waals surface area (Å²) in [5.41, 5.74) is 3.19. The van der Waals surface area contributed by atoms with Crippen molar-refractivity contribution in [3.8, 4) is 10.4 Å². The molecule has 0 unspecified atom stereocenters. The van der Waals surface area contributed by atoms with Gasteiger partial charge in [-0.05, 0) is 37.1 Å². The van der Waals surface area contributed by atoms with Gasteiger partial charge in [0.25, 0.3) is 0 Å². The second-order valence-electron chi connectivity index (χ2n) is 5.42. The monoisotopic (exact) mass is 306 g/mol. The van der Waals surface area contributed by atoms with E-state index in [0.717, 1.165) is 17.5 Å². The van der Waals surface area contributed by atoms with Crippen LogP contribution in [0.3, 0.4) is 0 Å². The lowest BCUT2D eigenvalue weighted by atomic mass is 10.0. The summed E-state index contributed by atoms with van der Waals surface area (Å²) in [6.07, 6.45) is 1.38. The number of carbonyl (C=O) groups is 1. The van der Waals surface area contributed by atoms with Crippen LogP contribution in [0.15, 0.2) is 66.7 Å². The van der Waals surface area contributed by atoms with Crippen molar-refractivity contribution in [3.05, 3.63) is 82.7 Å². The second-order valence-corrected chi connectivity index (χ2v) is 6.59. The second kappa shape index (κ2) is 6.71. The van der Waals surface area contributed by atoms with Gasteiger partial charge < -0.3 is 0 Å². The van der Waals surface area contributed by atoms with E-state index in [0.29, 0.717) is 6.42 Å². The molecular formula is C20H18OS. The van der Waals surface area contributed by atoms with Gasteiger partial charge >= 0.3 is 0 Å². The molecule has 0 aliphatic rings. The lowest BCUT2D eigenvalue weighted by Gasteiger charge is -2.01. The molecule has 3 aromatic rings. The van der Waals surface area contributed by atoms with E-state index >= 15 is 0 Å². The molecule has 22 heavy (non-hydrogen) atoms. The lowest BCUT2D eigenvalue weighted by Crippen LogP contribution is -2.00. The molecule has 1 nitrogen and oxygen atoms in total. The number of hydrogen-bond donors (Lipinski definition) is 0. The summed E-state index contributed by atoms with van der Waals surface area (Å²) in [7, 11) is 0. The minimum Gasteiger partial charge on any atom is -0.294 e. The quantitative estimate of drug-likeness (QED) is 0.566. The molecule has 0 fully saturated rings. The summed E-state index contributed by atoms with van der Waals surface area (Å²) in [5, 5.41) is 0. The zero-order valence-corrected chi connectivity index (χ0v) is 13.4. The topological polar surface area (TPSA) is 17.1 Å². The number of benzene rings is 2. The van der Waals surface area contributed by atoms with E-state index in [2.05, 4.69) is 36.4 Å². The molecule has 0 saturated carbocycles. The van der Waals surface area contributed by atoms with E-state index in [1.165, 1.54) is 15.3 Å². The number of Topliss-reactive ketones (excluding diaryl/α,β-unsaturated/α-hetero) is 1. The molecule has 110 valence electrons. The predicted octanol–water partition coefficient (Wildman–Crippen LogP) is 5.54. The smallest absolute Gasteiger partial charge is 0.163 e. The predicted molar refractivity (Wildman–Crippen MR) is 93.6 cm³/mol. The molecule has 1 heterocycles. The normalized spacial score (nSPS) is 10.6. The van der Waals surface area contributed by atoms with Crippen LogP contribution in [0.4, 0.5) is 0 Å². The molecule has 0 aliphatic carbocycles. The first kappa shape index (κ1) is 14.7. The van der Waals surface area contributed by atoms with Crippen molar-refractivity contribution in [1.82, 2.24) is 0 Å². The highest BCUT2D eigenvalue weighted by atomic mass is 32.1. The van der Waals surface area contributed by atoms with Crippen LogP contribution in [0, 0.1) is 6.92 Å². The number of hydrogen-bond acceptors (Lipinski definition) is 2. The molecule has 2 aromatic carbocycles. The van der Waals surface area contributed by atoms with Crippen molar-refractivity contribution >= 4 is 17.1 Å². The molecule has 0 aliphatic heterocycles. The fraction of sp³-hybridized carbons (Fsp3) is 0.150. The van der Waals surface area contributed by atoms with Crippen LogP contribution in [0.1, 0.15) is 27.2 Å². The number of rotatable bonds is 5. The van der Waals surface area contributed by atoms with Gasteiger partial charge in [0.1, 0.15) is 0 Å². The van der Waals surface area contributed by atoms with Crippen LogP contribution >= 0.6 is 11.3 Å². The Morgan fingerprint density at radius 1 is 0.955 bits per heavy atom. The summed E-state index contributed by atoms with van der Waals surface area (Å²) in [6, 6.07) is 22.5. The molecule has 0 amide bonds. The molecule has 2 heteroatoms. The minimum absolute atomic E-state index is 0.221. The Bertz CT molecular complexity index is 771. The van der Waals surface area contributed by atoms with Gasteiger partial charge in [-0.3, -0.25) is 4.79 Å². The molecule has 0 N–H and O–H groups in total. The van der Waals surface area contributed by atoms with E-state index in [-0.39, 0.29) is 5.78 Å². The fourth-order valence-corrected chi connectivity index (χ4v) is 3.48. The van der Waals surface area contributed by atoms with Crippen LogP contribution in [0.25, 0.3) is 10.4 Å². The van der Waals surface area contributed by atoms with Gasteiger partial charge in [-0.25, -0.2) is 0 Å². The molecule has 1 aromatic heterocycles. The van der Waals surface area contributed by atoms with Gasteiger partial charge in [-0.1, -0.05) is 54.1 Å². The third kappa shape index (κ3) is 3.52. The van der Waals surface area contributed by atoms with E-state index < -0.39 is 0 Å². The Labute approximate surface area is 135 Å². The maximum Gasteiger partial charge on any atom is 0.163 e. The Hall–Kier alpha value is -2.19. The maximum atomic E-state index is 12.3. The van der Waals surface area contributed by atoms with E-state index in [4.69, 9.17) is 0 Å². The third-order valence-electron chi connectivity index (χ3n) is 3.66. The summed E-state index contributed by atoms with van der Waals surface area (Å²) < 4.78 is 0.